The van der Waals surface area contributed by atoms with Crippen LogP contribution in [0.2, 0.25) is 0 Å². The highest BCUT2D eigenvalue weighted by Crippen LogP contribution is 2.44. The van der Waals surface area contributed by atoms with Crippen LogP contribution in [0.3, 0.4) is 0 Å². The van der Waals surface area contributed by atoms with E-state index in [-0.39, 0.29) is 0 Å². The maximum Gasteiger partial charge on any atom is 0.0748 e. The highest BCUT2D eigenvalue weighted by atomic mass is 15.0. The molecule has 0 fully saturated rings. The van der Waals surface area contributed by atoms with Gasteiger partial charge in [-0.25, -0.2) is 4.98 Å². The van der Waals surface area contributed by atoms with Crippen LogP contribution in [0.15, 0.2) is 218 Å². The van der Waals surface area contributed by atoms with Crippen molar-refractivity contribution in [2.24, 2.45) is 0 Å². The lowest BCUT2D eigenvalue weighted by Gasteiger charge is -2.19. The summed E-state index contributed by atoms with van der Waals surface area (Å²) in [5.41, 5.74) is 14.8. The van der Waals surface area contributed by atoms with Crippen LogP contribution in [0, 0.1) is 0 Å². The molecule has 0 saturated heterocycles. The van der Waals surface area contributed by atoms with E-state index < -0.39 is 0 Å². The van der Waals surface area contributed by atoms with E-state index in [4.69, 9.17) is 4.98 Å². The second-order valence-corrected chi connectivity index (χ2v) is 17.0. The van der Waals surface area contributed by atoms with Crippen LogP contribution in [0.25, 0.3) is 121 Å². The Labute approximate surface area is 370 Å². The highest BCUT2D eigenvalue weighted by Gasteiger charge is 2.23. The molecule has 0 aliphatic carbocycles. The molecule has 3 heteroatoms. The van der Waals surface area contributed by atoms with E-state index in [2.05, 4.69) is 234 Å². The Morgan fingerprint density at radius 2 is 1.02 bits per heavy atom. The van der Waals surface area contributed by atoms with Gasteiger partial charge in [0.25, 0.3) is 0 Å². The van der Waals surface area contributed by atoms with Crippen molar-refractivity contribution in [2.75, 3.05) is 0 Å². The molecule has 0 atom stereocenters. The molecule has 64 heavy (non-hydrogen) atoms. The Kier molecular flexibility index (Phi) is 8.19. The first-order valence-corrected chi connectivity index (χ1v) is 22.3. The fourth-order valence-corrected chi connectivity index (χ4v) is 10.5. The maximum absolute atomic E-state index is 5.57. The summed E-state index contributed by atoms with van der Waals surface area (Å²) in [5, 5.41) is 12.3. The monoisotopic (exact) mass is 815 g/mol. The van der Waals surface area contributed by atoms with Gasteiger partial charge in [-0.3, -0.25) is 0 Å². The molecule has 0 spiro atoms. The third-order valence-electron chi connectivity index (χ3n) is 13.4. The number of nitrogens with zero attached hydrogens (tertiary/aromatic N) is 3. The zero-order valence-electron chi connectivity index (χ0n) is 35.3. The van der Waals surface area contributed by atoms with Crippen LogP contribution in [0.4, 0.5) is 0 Å². The van der Waals surface area contributed by atoms with Crippen LogP contribution >= 0.6 is 0 Å². The van der Waals surface area contributed by atoms with Gasteiger partial charge in [-0.1, -0.05) is 171 Å². The summed E-state index contributed by atoms with van der Waals surface area (Å²) in [7, 11) is 0. The first kappa shape index (κ1) is 36.4. The van der Waals surface area contributed by atoms with Crippen LogP contribution < -0.4 is 0 Å². The van der Waals surface area contributed by atoms with Crippen LogP contribution in [0.5, 0.6) is 0 Å². The Morgan fingerprint density at radius 1 is 0.375 bits per heavy atom. The third kappa shape index (κ3) is 5.57. The molecule has 13 rings (SSSR count). The lowest BCUT2D eigenvalue weighted by Crippen LogP contribution is -2.01. The summed E-state index contributed by atoms with van der Waals surface area (Å²) >= 11 is 0. The molecule has 13 aromatic rings. The van der Waals surface area contributed by atoms with Gasteiger partial charge in [0.15, 0.2) is 0 Å². The van der Waals surface area contributed by atoms with Gasteiger partial charge < -0.3 is 9.13 Å². The summed E-state index contributed by atoms with van der Waals surface area (Å²) in [6, 6.07) is 80.0. The maximum atomic E-state index is 5.57. The minimum absolute atomic E-state index is 0.838. The summed E-state index contributed by atoms with van der Waals surface area (Å²) in [4.78, 5) is 5.57. The smallest absolute Gasteiger partial charge is 0.0748 e. The molecular formula is C61H41N3. The second kappa shape index (κ2) is 14.4. The molecule has 3 heterocycles. The van der Waals surface area contributed by atoms with Crippen LogP contribution in [-0.2, 0) is 6.42 Å². The van der Waals surface area contributed by atoms with Gasteiger partial charge in [0.1, 0.15) is 0 Å². The van der Waals surface area contributed by atoms with Gasteiger partial charge in [0, 0.05) is 43.7 Å². The number of para-hydroxylation sites is 1. The largest absolute Gasteiger partial charge is 0.309 e. The fraction of sp³-hybridized carbons (Fsp3) is 0.0328. The van der Waals surface area contributed by atoms with Crippen LogP contribution in [-0.4, -0.2) is 14.1 Å². The van der Waals surface area contributed by atoms with E-state index in [1.807, 2.05) is 0 Å². The minimum atomic E-state index is 0.838. The predicted octanol–water partition coefficient (Wildman–Crippen LogP) is 16.3. The molecule has 0 saturated carbocycles. The van der Waals surface area contributed by atoms with Crippen molar-refractivity contribution in [3.05, 3.63) is 224 Å². The first-order chi connectivity index (χ1) is 31.7. The van der Waals surface area contributed by atoms with E-state index in [0.29, 0.717) is 0 Å². The van der Waals surface area contributed by atoms with Gasteiger partial charge >= 0.3 is 0 Å². The van der Waals surface area contributed by atoms with Crippen molar-refractivity contribution in [2.45, 2.75) is 13.3 Å². The van der Waals surface area contributed by atoms with Gasteiger partial charge in [-0.05, 0) is 105 Å². The lowest BCUT2D eigenvalue weighted by atomic mass is 9.91. The van der Waals surface area contributed by atoms with Gasteiger partial charge in [-0.2, -0.15) is 0 Å². The van der Waals surface area contributed by atoms with Gasteiger partial charge in [-0.15, -0.1) is 0 Å². The number of hydrogen-bond donors (Lipinski definition) is 0. The van der Waals surface area contributed by atoms with Gasteiger partial charge in [0.05, 0.1) is 39.1 Å². The molecule has 300 valence electrons. The summed E-state index contributed by atoms with van der Waals surface area (Å²) < 4.78 is 5.00. The standard InChI is InChI=1S/C61H41N3/c1-2-47-51(40-18-5-3-6-19-40)37-54(42-21-7-4-8-22-42)62-61(47)45-33-44-24-12-13-25-48(44)57(35-45)64-55-28-16-15-27-50(55)52-36-53-59(38-58(52)64)63(46-31-29-39-17-9-10-23-43(39)34-46)56-32-30-41-20-11-14-26-49(41)60(53)56/h3-38H,2H2,1H3. The average molecular weight is 816 g/mol. The quantitative estimate of drug-likeness (QED) is 0.164. The topological polar surface area (TPSA) is 22.8 Å². The Bertz CT molecular complexity index is 3990. The molecule has 0 aliphatic heterocycles. The molecule has 3 aromatic heterocycles. The number of fused-ring (bicyclic) bond motifs is 10. The zero-order valence-corrected chi connectivity index (χ0v) is 35.3. The third-order valence-corrected chi connectivity index (χ3v) is 13.4. The van der Waals surface area contributed by atoms with E-state index >= 15 is 0 Å². The molecule has 0 bridgehead atoms. The van der Waals surface area contributed by atoms with E-state index in [9.17, 15) is 0 Å². The Morgan fingerprint density at radius 3 is 1.81 bits per heavy atom. The second-order valence-electron chi connectivity index (χ2n) is 17.0. The number of pyridine rings is 1. The van der Waals surface area contributed by atoms with Crippen molar-refractivity contribution in [3.8, 4) is 45.0 Å². The number of benzene rings is 10. The molecule has 10 aromatic carbocycles. The molecule has 0 amide bonds. The molecular weight excluding hydrogens is 775 g/mol. The number of hydrogen-bond acceptors (Lipinski definition) is 1. The van der Waals surface area contributed by atoms with E-state index in [1.165, 1.54) is 87.1 Å². The van der Waals surface area contributed by atoms with E-state index in [0.717, 1.165) is 45.8 Å². The molecule has 0 N–H and O–H groups in total. The first-order valence-electron chi connectivity index (χ1n) is 22.3. The van der Waals surface area contributed by atoms with E-state index in [1.54, 1.807) is 0 Å². The molecule has 0 radical (unpaired) electrons. The SMILES string of the molecule is CCc1c(-c2ccccc2)cc(-c2ccccc2)nc1-c1cc(-n2c3ccccc3c3cc4c5c6ccccc6ccc5n(-c5ccc6ccccc6c5)c4cc32)c2ccccc2c1. The normalized spacial score (nSPS) is 11.9. The number of rotatable bonds is 6. The number of aromatic nitrogens is 3. The van der Waals surface area contributed by atoms with Crippen molar-refractivity contribution < 1.29 is 0 Å². The molecule has 0 unspecified atom stereocenters. The molecule has 3 nitrogen and oxygen atoms in total. The minimum Gasteiger partial charge on any atom is -0.309 e. The summed E-state index contributed by atoms with van der Waals surface area (Å²) in [5.74, 6) is 0. The van der Waals surface area contributed by atoms with Gasteiger partial charge in [0.2, 0.25) is 0 Å². The van der Waals surface area contributed by atoms with Crippen molar-refractivity contribution >= 4 is 75.9 Å². The Balaban J connectivity index is 1.14. The average Bonchev–Trinajstić information content (AvgIpc) is 3.87. The van der Waals surface area contributed by atoms with Crippen molar-refractivity contribution in [3.63, 3.8) is 0 Å². The summed E-state index contributed by atoms with van der Waals surface area (Å²) in [6.07, 6.45) is 0.838. The van der Waals surface area contributed by atoms with Crippen LogP contribution in [0.1, 0.15) is 12.5 Å². The zero-order chi connectivity index (χ0) is 42.3. The fourth-order valence-electron chi connectivity index (χ4n) is 10.5. The summed E-state index contributed by atoms with van der Waals surface area (Å²) in [6.45, 7) is 2.26. The predicted molar refractivity (Wildman–Crippen MR) is 271 cm³/mol. The van der Waals surface area contributed by atoms with Crippen molar-refractivity contribution in [1.29, 1.82) is 0 Å². The van der Waals surface area contributed by atoms with Crippen molar-refractivity contribution in [1.82, 2.24) is 14.1 Å². The Hall–Kier alpha value is -8.27. The molecule has 0 aliphatic rings. The highest BCUT2D eigenvalue weighted by molar-refractivity contribution is 6.25. The lowest BCUT2D eigenvalue weighted by molar-refractivity contribution is 1.11.